The highest BCUT2D eigenvalue weighted by atomic mass is 32.1. The Kier molecular flexibility index (Phi) is 4.23. The minimum atomic E-state index is 0.443. The molecule has 0 spiro atoms. The van der Waals surface area contributed by atoms with Crippen LogP contribution >= 0.6 is 12.2 Å². The maximum atomic E-state index is 5.37. The molecule has 98 valence electrons. The second kappa shape index (κ2) is 5.70. The number of anilines is 1. The Hall–Kier alpha value is -1.09. The van der Waals surface area contributed by atoms with Gasteiger partial charge in [0, 0.05) is 11.7 Å². The molecule has 1 aromatic carbocycles. The number of rotatable bonds is 2. The van der Waals surface area contributed by atoms with E-state index < -0.39 is 0 Å². The molecule has 0 amide bonds. The Bertz CT molecular complexity index is 400. The molecule has 0 bridgehead atoms. The first-order valence-electron chi connectivity index (χ1n) is 6.68. The van der Waals surface area contributed by atoms with Gasteiger partial charge in [0.15, 0.2) is 5.11 Å². The van der Waals surface area contributed by atoms with Crippen LogP contribution < -0.4 is 10.6 Å². The molecular weight excluding hydrogens is 240 g/mol. The zero-order valence-corrected chi connectivity index (χ0v) is 12.0. The maximum Gasteiger partial charge on any atom is 0.170 e. The predicted octanol–water partition coefficient (Wildman–Crippen LogP) is 3.94. The van der Waals surface area contributed by atoms with Gasteiger partial charge in [-0.25, -0.2) is 0 Å². The third-order valence-corrected chi connectivity index (χ3v) is 3.79. The van der Waals surface area contributed by atoms with E-state index >= 15 is 0 Å². The molecule has 2 rings (SSSR count). The van der Waals surface area contributed by atoms with Crippen molar-refractivity contribution in [2.45, 2.75) is 45.6 Å². The van der Waals surface area contributed by atoms with E-state index in [2.05, 4.69) is 24.5 Å². The summed E-state index contributed by atoms with van der Waals surface area (Å²) in [4.78, 5) is 0. The van der Waals surface area contributed by atoms with Crippen molar-refractivity contribution in [1.82, 2.24) is 5.32 Å². The summed E-state index contributed by atoms with van der Waals surface area (Å²) in [6, 6.07) is 10.6. The van der Waals surface area contributed by atoms with E-state index in [1.165, 1.54) is 25.7 Å². The standard InChI is InChI=1S/C15H22N2S/c1-15(2)10-6-9-13(11-15)17-14(18)16-12-7-4-3-5-8-12/h3-5,7-8,13H,6,9-11H2,1-2H3,(H2,16,17,18). The molecule has 1 fully saturated rings. The molecule has 1 aliphatic rings. The second-order valence-electron chi connectivity index (χ2n) is 5.92. The molecule has 1 saturated carbocycles. The highest BCUT2D eigenvalue weighted by Crippen LogP contribution is 2.35. The van der Waals surface area contributed by atoms with Crippen LogP contribution in [0.2, 0.25) is 0 Å². The largest absolute Gasteiger partial charge is 0.360 e. The fourth-order valence-electron chi connectivity index (χ4n) is 2.70. The lowest BCUT2D eigenvalue weighted by Gasteiger charge is -2.36. The zero-order chi connectivity index (χ0) is 13.0. The molecule has 0 aromatic heterocycles. The lowest BCUT2D eigenvalue weighted by atomic mass is 9.75. The average molecular weight is 262 g/mol. The van der Waals surface area contributed by atoms with Gasteiger partial charge in [0.2, 0.25) is 0 Å². The topological polar surface area (TPSA) is 24.1 Å². The summed E-state index contributed by atoms with van der Waals surface area (Å²) in [6.45, 7) is 4.68. The van der Waals surface area contributed by atoms with Gasteiger partial charge in [-0.05, 0) is 49.0 Å². The van der Waals surface area contributed by atoms with Crippen LogP contribution in [0.3, 0.4) is 0 Å². The maximum absolute atomic E-state index is 5.37. The van der Waals surface area contributed by atoms with E-state index in [0.717, 1.165) is 10.8 Å². The van der Waals surface area contributed by atoms with Crippen LogP contribution in [-0.4, -0.2) is 11.2 Å². The molecular formula is C15H22N2S. The molecule has 3 heteroatoms. The molecule has 1 aromatic rings. The number of thiocarbonyl (C=S) groups is 1. The number of hydrogen-bond donors (Lipinski definition) is 2. The highest BCUT2D eigenvalue weighted by Gasteiger charge is 2.28. The Labute approximate surface area is 115 Å². The van der Waals surface area contributed by atoms with Crippen LogP contribution in [0.1, 0.15) is 39.5 Å². The molecule has 0 radical (unpaired) electrons. The number of benzene rings is 1. The Morgan fingerprint density at radius 1 is 1.28 bits per heavy atom. The monoisotopic (exact) mass is 262 g/mol. The molecule has 1 atom stereocenters. The van der Waals surface area contributed by atoms with E-state index in [1.54, 1.807) is 0 Å². The smallest absolute Gasteiger partial charge is 0.170 e. The lowest BCUT2D eigenvalue weighted by Crippen LogP contribution is -2.42. The number of hydrogen-bond acceptors (Lipinski definition) is 1. The summed E-state index contributed by atoms with van der Waals surface area (Å²) in [5.41, 5.74) is 1.49. The van der Waals surface area contributed by atoms with Gasteiger partial charge in [-0.3, -0.25) is 0 Å². The summed E-state index contributed by atoms with van der Waals surface area (Å²) in [7, 11) is 0. The fraction of sp³-hybridized carbons (Fsp3) is 0.533. The normalized spacial score (nSPS) is 22.2. The molecule has 18 heavy (non-hydrogen) atoms. The molecule has 0 saturated heterocycles. The molecule has 2 N–H and O–H groups in total. The van der Waals surface area contributed by atoms with E-state index in [0.29, 0.717) is 11.5 Å². The van der Waals surface area contributed by atoms with E-state index in [9.17, 15) is 0 Å². The second-order valence-corrected chi connectivity index (χ2v) is 6.33. The van der Waals surface area contributed by atoms with E-state index in [1.807, 2.05) is 30.3 Å². The molecule has 2 nitrogen and oxygen atoms in total. The molecule has 1 aliphatic carbocycles. The van der Waals surface area contributed by atoms with Crippen molar-refractivity contribution in [2.24, 2.45) is 5.41 Å². The third kappa shape index (κ3) is 3.98. The van der Waals surface area contributed by atoms with Gasteiger partial charge in [0.1, 0.15) is 0 Å². The zero-order valence-electron chi connectivity index (χ0n) is 11.2. The van der Waals surface area contributed by atoms with Crippen molar-refractivity contribution in [3.63, 3.8) is 0 Å². The van der Waals surface area contributed by atoms with E-state index in [4.69, 9.17) is 12.2 Å². The summed E-state index contributed by atoms with van der Waals surface area (Å²) < 4.78 is 0. The first-order chi connectivity index (χ1) is 8.55. The Morgan fingerprint density at radius 2 is 2.00 bits per heavy atom. The third-order valence-electron chi connectivity index (χ3n) is 3.57. The number of nitrogens with one attached hydrogen (secondary N) is 2. The van der Waals surface area contributed by atoms with Crippen LogP contribution in [-0.2, 0) is 0 Å². The van der Waals surface area contributed by atoms with Crippen molar-refractivity contribution in [2.75, 3.05) is 5.32 Å². The van der Waals surface area contributed by atoms with Crippen molar-refractivity contribution >= 4 is 23.0 Å². The molecule has 0 heterocycles. The van der Waals surface area contributed by atoms with Gasteiger partial charge in [0.25, 0.3) is 0 Å². The highest BCUT2D eigenvalue weighted by molar-refractivity contribution is 7.80. The number of para-hydroxylation sites is 1. The first kappa shape index (κ1) is 13.3. The van der Waals surface area contributed by atoms with Gasteiger partial charge < -0.3 is 10.6 Å². The van der Waals surface area contributed by atoms with Crippen LogP contribution in [0.5, 0.6) is 0 Å². The van der Waals surface area contributed by atoms with Gasteiger partial charge in [-0.1, -0.05) is 38.5 Å². The van der Waals surface area contributed by atoms with Crippen LogP contribution in [0, 0.1) is 5.41 Å². The SMILES string of the molecule is CC1(C)CCCC(NC(=S)Nc2ccccc2)C1. The minimum Gasteiger partial charge on any atom is -0.360 e. The first-order valence-corrected chi connectivity index (χ1v) is 7.09. The minimum absolute atomic E-state index is 0.443. The Morgan fingerprint density at radius 3 is 2.67 bits per heavy atom. The predicted molar refractivity (Wildman–Crippen MR) is 81.8 cm³/mol. The van der Waals surface area contributed by atoms with Gasteiger partial charge in [-0.2, -0.15) is 0 Å². The van der Waals surface area contributed by atoms with Crippen LogP contribution in [0.25, 0.3) is 0 Å². The van der Waals surface area contributed by atoms with Crippen molar-refractivity contribution < 1.29 is 0 Å². The van der Waals surface area contributed by atoms with Crippen LogP contribution in [0.15, 0.2) is 30.3 Å². The van der Waals surface area contributed by atoms with Crippen molar-refractivity contribution in [3.8, 4) is 0 Å². The summed E-state index contributed by atoms with van der Waals surface area (Å²) in [5, 5.41) is 7.42. The van der Waals surface area contributed by atoms with Gasteiger partial charge >= 0.3 is 0 Å². The van der Waals surface area contributed by atoms with Gasteiger partial charge in [0.05, 0.1) is 0 Å². The summed E-state index contributed by atoms with van der Waals surface area (Å²) in [6.07, 6.45) is 5.03. The average Bonchev–Trinajstić information content (AvgIpc) is 2.28. The van der Waals surface area contributed by atoms with Gasteiger partial charge in [-0.15, -0.1) is 0 Å². The molecule has 1 unspecified atom stereocenters. The molecule has 0 aliphatic heterocycles. The van der Waals surface area contributed by atoms with Crippen LogP contribution in [0.4, 0.5) is 5.69 Å². The Balaban J connectivity index is 1.84. The quantitative estimate of drug-likeness (QED) is 0.789. The summed E-state index contributed by atoms with van der Waals surface area (Å²) in [5.74, 6) is 0. The van der Waals surface area contributed by atoms with Crippen molar-refractivity contribution in [1.29, 1.82) is 0 Å². The summed E-state index contributed by atoms with van der Waals surface area (Å²) >= 11 is 5.37. The van der Waals surface area contributed by atoms with Crippen molar-refractivity contribution in [3.05, 3.63) is 30.3 Å². The fourth-order valence-corrected chi connectivity index (χ4v) is 2.98. The lowest BCUT2D eigenvalue weighted by molar-refractivity contribution is 0.211. The van der Waals surface area contributed by atoms with E-state index in [-0.39, 0.29) is 0 Å².